The van der Waals surface area contributed by atoms with Crippen LogP contribution < -0.4 is 5.32 Å². The third kappa shape index (κ3) is 4.59. The number of benzene rings is 1. The first kappa shape index (κ1) is 17.0. The monoisotopic (exact) mass is 378 g/mol. The van der Waals surface area contributed by atoms with E-state index in [0.29, 0.717) is 16.7 Å². The summed E-state index contributed by atoms with van der Waals surface area (Å²) in [7, 11) is 0. The molecule has 1 N–H and O–H groups in total. The van der Waals surface area contributed by atoms with Crippen LogP contribution >= 0.6 is 34.7 Å². The Labute approximate surface area is 153 Å². The Hall–Kier alpha value is -1.83. The maximum atomic E-state index is 12.0. The third-order valence-electron chi connectivity index (χ3n) is 3.14. The van der Waals surface area contributed by atoms with Gasteiger partial charge < -0.3 is 9.88 Å². The molecule has 0 unspecified atom stereocenters. The van der Waals surface area contributed by atoms with Gasteiger partial charge in [-0.1, -0.05) is 35.5 Å². The number of anilines is 1. The van der Waals surface area contributed by atoms with Gasteiger partial charge in [0.05, 0.1) is 11.4 Å². The van der Waals surface area contributed by atoms with Crippen LogP contribution in [0.4, 0.5) is 5.13 Å². The molecule has 2 aromatic heterocycles. The van der Waals surface area contributed by atoms with E-state index in [-0.39, 0.29) is 11.7 Å². The van der Waals surface area contributed by atoms with Crippen LogP contribution in [0.2, 0.25) is 5.02 Å². The molecular weight excluding hydrogens is 364 g/mol. The van der Waals surface area contributed by atoms with E-state index in [9.17, 15) is 4.79 Å². The zero-order valence-electron chi connectivity index (χ0n) is 12.9. The van der Waals surface area contributed by atoms with Crippen molar-refractivity contribution in [2.24, 2.45) is 0 Å². The molecule has 0 radical (unpaired) electrons. The number of nitrogens with zero attached hydrogens (tertiary/aromatic N) is 3. The molecule has 24 heavy (non-hydrogen) atoms. The quantitative estimate of drug-likeness (QED) is 0.656. The first-order valence-corrected chi connectivity index (χ1v) is 9.45. The van der Waals surface area contributed by atoms with Gasteiger partial charge in [-0.15, -0.1) is 11.3 Å². The highest BCUT2D eigenvalue weighted by Gasteiger charge is 2.10. The largest absolute Gasteiger partial charge is 0.322 e. The number of carbonyl (C=O) groups excluding carboxylic acids is 1. The van der Waals surface area contributed by atoms with E-state index < -0.39 is 0 Å². The van der Waals surface area contributed by atoms with Gasteiger partial charge in [-0.2, -0.15) is 0 Å². The number of carbonyl (C=O) groups is 1. The summed E-state index contributed by atoms with van der Waals surface area (Å²) in [5.41, 5.74) is 2.03. The van der Waals surface area contributed by atoms with E-state index in [1.54, 1.807) is 6.20 Å². The fraction of sp³-hybridized carbons (Fsp3) is 0.188. The van der Waals surface area contributed by atoms with Crippen molar-refractivity contribution in [3.63, 3.8) is 0 Å². The first-order valence-electron chi connectivity index (χ1n) is 7.20. The molecule has 2 heterocycles. The van der Waals surface area contributed by atoms with Crippen LogP contribution in [0.3, 0.4) is 0 Å². The lowest BCUT2D eigenvalue weighted by Gasteiger charge is -2.07. The van der Waals surface area contributed by atoms with Crippen LogP contribution in [-0.2, 0) is 11.3 Å². The lowest BCUT2D eigenvalue weighted by atomic mass is 10.2. The summed E-state index contributed by atoms with van der Waals surface area (Å²) in [4.78, 5) is 20.5. The van der Waals surface area contributed by atoms with Gasteiger partial charge in [0.15, 0.2) is 10.3 Å². The Balaban J connectivity index is 1.57. The van der Waals surface area contributed by atoms with Crippen LogP contribution in [0.15, 0.2) is 47.2 Å². The maximum Gasteiger partial charge on any atom is 0.236 e. The van der Waals surface area contributed by atoms with Gasteiger partial charge in [0, 0.05) is 29.3 Å². The van der Waals surface area contributed by atoms with Crippen molar-refractivity contribution in [2.45, 2.75) is 18.6 Å². The van der Waals surface area contributed by atoms with E-state index in [1.165, 1.54) is 23.1 Å². The number of nitrogens with one attached hydrogen (secondary N) is 1. The zero-order valence-corrected chi connectivity index (χ0v) is 15.3. The minimum Gasteiger partial charge on any atom is -0.322 e. The molecule has 0 spiro atoms. The van der Waals surface area contributed by atoms with Crippen LogP contribution in [0, 0.1) is 6.92 Å². The minimum absolute atomic E-state index is 0.0876. The number of halogens is 1. The predicted octanol–water partition coefficient (Wildman–Crippen LogP) is 4.08. The van der Waals surface area contributed by atoms with Gasteiger partial charge in [-0.3, -0.25) is 4.79 Å². The highest BCUT2D eigenvalue weighted by Crippen LogP contribution is 2.20. The molecule has 0 aliphatic carbocycles. The fourth-order valence-electron chi connectivity index (χ4n) is 2.04. The Kier molecular flexibility index (Phi) is 5.55. The topological polar surface area (TPSA) is 59.8 Å². The molecule has 0 atom stereocenters. The van der Waals surface area contributed by atoms with E-state index >= 15 is 0 Å². The van der Waals surface area contributed by atoms with Gasteiger partial charge >= 0.3 is 0 Å². The van der Waals surface area contributed by atoms with Crippen LogP contribution in [0.1, 0.15) is 11.3 Å². The van der Waals surface area contributed by atoms with Crippen molar-refractivity contribution < 1.29 is 4.79 Å². The lowest BCUT2D eigenvalue weighted by Crippen LogP contribution is -2.14. The Bertz CT molecular complexity index is 829. The minimum atomic E-state index is -0.0876. The fourth-order valence-corrected chi connectivity index (χ4v) is 3.63. The SMILES string of the molecule is Cc1csc(NC(=O)CSc2nccn2Cc2ccc(Cl)cc2)n1. The number of imidazole rings is 1. The second-order valence-electron chi connectivity index (χ2n) is 5.10. The van der Waals surface area contributed by atoms with E-state index in [4.69, 9.17) is 11.6 Å². The van der Waals surface area contributed by atoms with Crippen molar-refractivity contribution in [1.82, 2.24) is 14.5 Å². The van der Waals surface area contributed by atoms with Gasteiger partial charge in [0.1, 0.15) is 0 Å². The summed E-state index contributed by atoms with van der Waals surface area (Å²) >= 11 is 8.73. The summed E-state index contributed by atoms with van der Waals surface area (Å²) in [5, 5.41) is 6.85. The lowest BCUT2D eigenvalue weighted by molar-refractivity contribution is -0.113. The van der Waals surface area contributed by atoms with E-state index in [1.807, 2.05) is 47.3 Å². The molecule has 0 fully saturated rings. The third-order valence-corrected chi connectivity index (χ3v) is 5.27. The molecule has 1 amide bonds. The first-order chi connectivity index (χ1) is 11.6. The van der Waals surface area contributed by atoms with Crippen molar-refractivity contribution in [2.75, 3.05) is 11.1 Å². The second-order valence-corrected chi connectivity index (χ2v) is 7.33. The average molecular weight is 379 g/mol. The van der Waals surface area contributed by atoms with Gasteiger partial charge in [-0.05, 0) is 24.6 Å². The van der Waals surface area contributed by atoms with Crippen LogP contribution in [0.25, 0.3) is 0 Å². The van der Waals surface area contributed by atoms with E-state index in [2.05, 4.69) is 15.3 Å². The molecule has 3 rings (SSSR count). The van der Waals surface area contributed by atoms with Crippen LogP contribution in [0.5, 0.6) is 0 Å². The highest BCUT2D eigenvalue weighted by molar-refractivity contribution is 7.99. The molecular formula is C16H15ClN4OS2. The number of aryl methyl sites for hydroxylation is 1. The number of hydrogen-bond donors (Lipinski definition) is 1. The molecule has 0 bridgehead atoms. The molecule has 1 aromatic carbocycles. The van der Waals surface area contributed by atoms with E-state index in [0.717, 1.165) is 16.4 Å². The average Bonchev–Trinajstić information content (AvgIpc) is 3.16. The predicted molar refractivity (Wildman–Crippen MR) is 99.0 cm³/mol. The highest BCUT2D eigenvalue weighted by atomic mass is 35.5. The zero-order chi connectivity index (χ0) is 16.9. The molecule has 5 nitrogen and oxygen atoms in total. The van der Waals surface area contributed by atoms with Gasteiger partial charge in [-0.25, -0.2) is 9.97 Å². The summed E-state index contributed by atoms with van der Waals surface area (Å²) in [5.74, 6) is 0.200. The molecule has 3 aromatic rings. The number of hydrogen-bond acceptors (Lipinski definition) is 5. The van der Waals surface area contributed by atoms with Crippen molar-refractivity contribution in [3.8, 4) is 0 Å². The van der Waals surface area contributed by atoms with Crippen LogP contribution in [-0.4, -0.2) is 26.2 Å². The molecule has 0 saturated carbocycles. The maximum absolute atomic E-state index is 12.0. The van der Waals surface area contributed by atoms with Crippen molar-refractivity contribution in [1.29, 1.82) is 0 Å². The number of amides is 1. The Morgan fingerprint density at radius 2 is 2.17 bits per heavy atom. The number of rotatable bonds is 6. The summed E-state index contributed by atoms with van der Waals surface area (Å²) in [6, 6.07) is 7.69. The number of aromatic nitrogens is 3. The normalized spacial score (nSPS) is 10.8. The molecule has 0 aliphatic heterocycles. The molecule has 8 heteroatoms. The summed E-state index contributed by atoms with van der Waals surface area (Å²) in [6.45, 7) is 2.58. The Morgan fingerprint density at radius 1 is 1.38 bits per heavy atom. The van der Waals surface area contributed by atoms with Gasteiger partial charge in [0.2, 0.25) is 5.91 Å². The molecule has 0 saturated heterocycles. The Morgan fingerprint density at radius 3 is 2.88 bits per heavy atom. The number of thioether (sulfide) groups is 1. The van der Waals surface area contributed by atoms with Crippen molar-refractivity contribution in [3.05, 3.63) is 58.3 Å². The number of thiazole rings is 1. The standard InChI is InChI=1S/C16H15ClN4OS2/c1-11-9-23-15(19-11)20-14(22)10-24-16-18-6-7-21(16)8-12-2-4-13(17)5-3-12/h2-7,9H,8,10H2,1H3,(H,19,20,22). The summed E-state index contributed by atoms with van der Waals surface area (Å²) in [6.07, 6.45) is 3.64. The molecule has 124 valence electrons. The summed E-state index contributed by atoms with van der Waals surface area (Å²) < 4.78 is 2.01. The van der Waals surface area contributed by atoms with Crippen molar-refractivity contribution >= 4 is 45.7 Å². The second kappa shape index (κ2) is 7.83. The smallest absolute Gasteiger partial charge is 0.236 e. The molecule has 0 aliphatic rings. The van der Waals surface area contributed by atoms with Gasteiger partial charge in [0.25, 0.3) is 0 Å².